The van der Waals surface area contributed by atoms with E-state index in [-0.39, 0.29) is 0 Å². The van der Waals surface area contributed by atoms with Gasteiger partial charge in [-0.05, 0) is 31.0 Å². The fourth-order valence-corrected chi connectivity index (χ4v) is 2.19. The fraction of sp³-hybridized carbons (Fsp3) is 0.500. The van der Waals surface area contributed by atoms with Crippen LogP contribution in [0, 0.1) is 18.8 Å². The molecule has 96 valence electrons. The standard InChI is InChI=1S/C16H22N2/c1-15-7-2-3-8-16(15)9-4-5-12-18-13-6-10-17-11-14-18/h2-3,7-8,17H,6,9-14H2,1H3. The van der Waals surface area contributed by atoms with Crippen molar-refractivity contribution < 1.29 is 0 Å². The third kappa shape index (κ3) is 4.18. The molecule has 2 rings (SSSR count). The maximum Gasteiger partial charge on any atom is 0.0602 e. The summed E-state index contributed by atoms with van der Waals surface area (Å²) in [5.74, 6) is 6.60. The Labute approximate surface area is 110 Å². The van der Waals surface area contributed by atoms with Crippen LogP contribution >= 0.6 is 0 Å². The van der Waals surface area contributed by atoms with Crippen molar-refractivity contribution in [3.05, 3.63) is 35.4 Å². The third-order valence-electron chi connectivity index (χ3n) is 3.40. The van der Waals surface area contributed by atoms with Crippen molar-refractivity contribution in [1.29, 1.82) is 0 Å². The molecule has 18 heavy (non-hydrogen) atoms. The fourth-order valence-electron chi connectivity index (χ4n) is 2.19. The van der Waals surface area contributed by atoms with Gasteiger partial charge in [-0.25, -0.2) is 0 Å². The summed E-state index contributed by atoms with van der Waals surface area (Å²) < 4.78 is 0. The van der Waals surface area contributed by atoms with Gasteiger partial charge in [-0.2, -0.15) is 0 Å². The van der Waals surface area contributed by atoms with Crippen LogP contribution in [0.5, 0.6) is 0 Å². The summed E-state index contributed by atoms with van der Waals surface area (Å²) in [6, 6.07) is 8.48. The van der Waals surface area contributed by atoms with Crippen LogP contribution < -0.4 is 5.32 Å². The zero-order valence-corrected chi connectivity index (χ0v) is 11.2. The molecule has 0 aliphatic carbocycles. The molecule has 2 nitrogen and oxygen atoms in total. The van der Waals surface area contributed by atoms with Crippen LogP contribution in [0.3, 0.4) is 0 Å². The van der Waals surface area contributed by atoms with Crippen molar-refractivity contribution in [2.24, 2.45) is 0 Å². The largest absolute Gasteiger partial charge is 0.315 e. The van der Waals surface area contributed by atoms with Crippen LogP contribution in [0.2, 0.25) is 0 Å². The zero-order valence-electron chi connectivity index (χ0n) is 11.2. The summed E-state index contributed by atoms with van der Waals surface area (Å²) in [5, 5.41) is 3.41. The molecular formula is C16H22N2. The van der Waals surface area contributed by atoms with Gasteiger partial charge in [-0.3, -0.25) is 4.90 Å². The Kier molecular flexibility index (Phi) is 5.26. The van der Waals surface area contributed by atoms with E-state index in [0.717, 1.165) is 32.6 Å². The number of hydrogen-bond acceptors (Lipinski definition) is 2. The number of nitrogens with one attached hydrogen (secondary N) is 1. The Morgan fingerprint density at radius 1 is 1.17 bits per heavy atom. The Bertz CT molecular complexity index is 420. The highest BCUT2D eigenvalue weighted by Gasteiger charge is 2.05. The first-order valence-electron chi connectivity index (χ1n) is 6.79. The van der Waals surface area contributed by atoms with Gasteiger partial charge in [0.15, 0.2) is 0 Å². The van der Waals surface area contributed by atoms with E-state index >= 15 is 0 Å². The first-order chi connectivity index (χ1) is 8.86. The van der Waals surface area contributed by atoms with Gasteiger partial charge < -0.3 is 5.32 Å². The Hall–Kier alpha value is -1.30. The molecule has 0 unspecified atom stereocenters. The van der Waals surface area contributed by atoms with E-state index in [1.807, 2.05) is 0 Å². The maximum absolute atomic E-state index is 3.41. The summed E-state index contributed by atoms with van der Waals surface area (Å²) >= 11 is 0. The van der Waals surface area contributed by atoms with Crippen LogP contribution in [-0.2, 0) is 6.42 Å². The number of rotatable bonds is 2. The molecule has 1 aliphatic rings. The molecular weight excluding hydrogens is 220 g/mol. The molecule has 1 saturated heterocycles. The topological polar surface area (TPSA) is 15.3 Å². The van der Waals surface area contributed by atoms with E-state index in [1.165, 1.54) is 24.1 Å². The molecule has 1 aliphatic heterocycles. The van der Waals surface area contributed by atoms with Gasteiger partial charge in [0.25, 0.3) is 0 Å². The highest BCUT2D eigenvalue weighted by atomic mass is 15.1. The summed E-state index contributed by atoms with van der Waals surface area (Å²) in [5.41, 5.74) is 2.69. The Balaban J connectivity index is 1.80. The molecule has 0 amide bonds. The zero-order chi connectivity index (χ0) is 12.6. The lowest BCUT2D eigenvalue weighted by Crippen LogP contribution is -2.28. The quantitative estimate of drug-likeness (QED) is 0.796. The molecule has 1 aromatic carbocycles. The van der Waals surface area contributed by atoms with Crippen molar-refractivity contribution in [1.82, 2.24) is 10.2 Å². The van der Waals surface area contributed by atoms with Gasteiger partial charge in [0.05, 0.1) is 6.54 Å². The second kappa shape index (κ2) is 7.20. The summed E-state index contributed by atoms with van der Waals surface area (Å²) in [7, 11) is 0. The molecule has 1 fully saturated rings. The van der Waals surface area contributed by atoms with Gasteiger partial charge in [-0.1, -0.05) is 36.1 Å². The van der Waals surface area contributed by atoms with Crippen LogP contribution in [0.25, 0.3) is 0 Å². The lowest BCUT2D eigenvalue weighted by Gasteiger charge is -2.15. The van der Waals surface area contributed by atoms with E-state index in [4.69, 9.17) is 0 Å². The van der Waals surface area contributed by atoms with Crippen LogP contribution in [0.15, 0.2) is 24.3 Å². The molecule has 1 heterocycles. The van der Waals surface area contributed by atoms with Crippen LogP contribution in [-0.4, -0.2) is 37.6 Å². The second-order valence-corrected chi connectivity index (χ2v) is 4.84. The predicted molar refractivity (Wildman–Crippen MR) is 76.6 cm³/mol. The highest BCUT2D eigenvalue weighted by Crippen LogP contribution is 2.06. The smallest absolute Gasteiger partial charge is 0.0602 e. The lowest BCUT2D eigenvalue weighted by molar-refractivity contribution is 0.329. The number of hydrogen-bond donors (Lipinski definition) is 1. The van der Waals surface area contributed by atoms with Gasteiger partial charge in [0.2, 0.25) is 0 Å². The van der Waals surface area contributed by atoms with Gasteiger partial charge in [-0.15, -0.1) is 0 Å². The number of aryl methyl sites for hydroxylation is 1. The van der Waals surface area contributed by atoms with Crippen LogP contribution in [0.4, 0.5) is 0 Å². The monoisotopic (exact) mass is 242 g/mol. The minimum Gasteiger partial charge on any atom is -0.315 e. The minimum atomic E-state index is 0.874. The van der Waals surface area contributed by atoms with Crippen molar-refractivity contribution in [2.75, 3.05) is 32.7 Å². The van der Waals surface area contributed by atoms with E-state index in [0.29, 0.717) is 0 Å². The second-order valence-electron chi connectivity index (χ2n) is 4.84. The average Bonchev–Trinajstić information content (AvgIpc) is 2.65. The molecule has 0 atom stereocenters. The van der Waals surface area contributed by atoms with Gasteiger partial charge in [0.1, 0.15) is 0 Å². The Morgan fingerprint density at radius 3 is 2.94 bits per heavy atom. The summed E-state index contributed by atoms with van der Waals surface area (Å²) in [6.45, 7) is 7.60. The third-order valence-corrected chi connectivity index (χ3v) is 3.40. The number of benzene rings is 1. The van der Waals surface area contributed by atoms with Crippen molar-refractivity contribution in [3.63, 3.8) is 0 Å². The summed E-state index contributed by atoms with van der Waals surface area (Å²) in [6.07, 6.45) is 2.11. The van der Waals surface area contributed by atoms with Crippen molar-refractivity contribution >= 4 is 0 Å². The first kappa shape index (κ1) is 13.1. The molecule has 0 saturated carbocycles. The molecule has 0 aromatic heterocycles. The van der Waals surface area contributed by atoms with E-state index in [1.54, 1.807) is 0 Å². The van der Waals surface area contributed by atoms with E-state index < -0.39 is 0 Å². The maximum atomic E-state index is 3.41. The molecule has 2 heteroatoms. The predicted octanol–water partition coefficient (Wildman–Crippen LogP) is 1.84. The van der Waals surface area contributed by atoms with Gasteiger partial charge >= 0.3 is 0 Å². The normalized spacial score (nSPS) is 16.7. The molecule has 1 aromatic rings. The molecule has 0 spiro atoms. The van der Waals surface area contributed by atoms with E-state index in [2.05, 4.69) is 53.2 Å². The highest BCUT2D eigenvalue weighted by molar-refractivity contribution is 5.29. The minimum absolute atomic E-state index is 0.874. The molecule has 0 bridgehead atoms. The average molecular weight is 242 g/mol. The molecule has 1 N–H and O–H groups in total. The SMILES string of the molecule is Cc1ccccc1CC#CCN1CCCNCC1. The van der Waals surface area contributed by atoms with Gasteiger partial charge in [0, 0.05) is 26.1 Å². The van der Waals surface area contributed by atoms with E-state index in [9.17, 15) is 0 Å². The summed E-state index contributed by atoms with van der Waals surface area (Å²) in [4.78, 5) is 2.44. The molecule has 0 radical (unpaired) electrons. The number of nitrogens with zero attached hydrogens (tertiary/aromatic N) is 1. The van der Waals surface area contributed by atoms with Crippen LogP contribution in [0.1, 0.15) is 17.5 Å². The van der Waals surface area contributed by atoms with Crippen molar-refractivity contribution in [3.8, 4) is 11.8 Å². The van der Waals surface area contributed by atoms with Crippen molar-refractivity contribution in [2.45, 2.75) is 19.8 Å². The Morgan fingerprint density at radius 2 is 2.06 bits per heavy atom. The first-order valence-corrected chi connectivity index (χ1v) is 6.79. The lowest BCUT2D eigenvalue weighted by atomic mass is 10.1.